The van der Waals surface area contributed by atoms with Crippen LogP contribution in [0.2, 0.25) is 0 Å². The number of nitrogens with one attached hydrogen (secondary N) is 2. The lowest BCUT2D eigenvalue weighted by molar-refractivity contribution is -0.137. The van der Waals surface area contributed by atoms with Crippen molar-refractivity contribution in [3.63, 3.8) is 0 Å². The number of benzene rings is 2. The highest BCUT2D eigenvalue weighted by molar-refractivity contribution is 5.80. The molecule has 2 aromatic carbocycles. The highest BCUT2D eigenvalue weighted by atomic mass is 16.5. The first-order chi connectivity index (χ1) is 17.0. The van der Waals surface area contributed by atoms with E-state index < -0.39 is 18.1 Å². The third kappa shape index (κ3) is 6.41. The number of hydrogen-bond acceptors (Lipinski definition) is 4. The topological polar surface area (TPSA) is 105 Å². The van der Waals surface area contributed by atoms with Gasteiger partial charge in [-0.1, -0.05) is 68.3 Å². The second-order valence-electron chi connectivity index (χ2n) is 9.62. The number of ether oxygens (including phenoxy) is 1. The van der Waals surface area contributed by atoms with Crippen LogP contribution in [0.4, 0.5) is 4.79 Å². The SMILES string of the molecule is CCCC[C@@H](CC(=O)O)NC(=O)CC(NC(=O)OCC1c2ccccc2-c2ccccc21)C1CC1. The Kier molecular flexibility index (Phi) is 8.06. The molecule has 2 aromatic rings. The Morgan fingerprint density at radius 2 is 1.60 bits per heavy atom. The second-order valence-corrected chi connectivity index (χ2v) is 9.62. The van der Waals surface area contributed by atoms with E-state index in [1.807, 2.05) is 31.2 Å². The van der Waals surface area contributed by atoms with Crippen molar-refractivity contribution in [2.75, 3.05) is 6.61 Å². The molecule has 2 amide bonds. The van der Waals surface area contributed by atoms with Crippen LogP contribution in [0.5, 0.6) is 0 Å². The lowest BCUT2D eigenvalue weighted by atomic mass is 9.98. The predicted molar refractivity (Wildman–Crippen MR) is 133 cm³/mol. The molecule has 0 radical (unpaired) electrons. The monoisotopic (exact) mass is 478 g/mol. The zero-order chi connectivity index (χ0) is 24.8. The molecule has 0 aromatic heterocycles. The zero-order valence-electron chi connectivity index (χ0n) is 20.2. The fraction of sp³-hybridized carbons (Fsp3) is 0.464. The van der Waals surface area contributed by atoms with Crippen LogP contribution in [0.15, 0.2) is 48.5 Å². The Morgan fingerprint density at radius 1 is 0.971 bits per heavy atom. The van der Waals surface area contributed by atoms with Crippen molar-refractivity contribution in [3.05, 3.63) is 59.7 Å². The van der Waals surface area contributed by atoms with Crippen LogP contribution in [0, 0.1) is 5.92 Å². The van der Waals surface area contributed by atoms with Crippen molar-refractivity contribution >= 4 is 18.0 Å². The van der Waals surface area contributed by atoms with E-state index in [1.54, 1.807) is 0 Å². The minimum absolute atomic E-state index is 0.0221. The summed E-state index contributed by atoms with van der Waals surface area (Å²) in [4.78, 5) is 36.5. The molecule has 3 N–H and O–H groups in total. The minimum Gasteiger partial charge on any atom is -0.481 e. The van der Waals surface area contributed by atoms with E-state index in [9.17, 15) is 14.4 Å². The van der Waals surface area contributed by atoms with Crippen LogP contribution in [-0.2, 0) is 14.3 Å². The van der Waals surface area contributed by atoms with Gasteiger partial charge in [0.1, 0.15) is 6.61 Å². The van der Waals surface area contributed by atoms with Gasteiger partial charge in [0.25, 0.3) is 0 Å². The molecular weight excluding hydrogens is 444 g/mol. The molecule has 7 nitrogen and oxygen atoms in total. The molecule has 0 heterocycles. The molecule has 7 heteroatoms. The number of rotatable bonds is 12. The first-order valence-corrected chi connectivity index (χ1v) is 12.6. The molecule has 0 bridgehead atoms. The van der Waals surface area contributed by atoms with E-state index in [4.69, 9.17) is 9.84 Å². The third-order valence-electron chi connectivity index (χ3n) is 6.94. The maximum Gasteiger partial charge on any atom is 0.407 e. The van der Waals surface area contributed by atoms with Gasteiger partial charge in [0.05, 0.1) is 6.42 Å². The lowest BCUT2D eigenvalue weighted by Gasteiger charge is -2.21. The summed E-state index contributed by atoms with van der Waals surface area (Å²) in [6, 6.07) is 15.6. The molecule has 0 aliphatic heterocycles. The summed E-state index contributed by atoms with van der Waals surface area (Å²) in [5.41, 5.74) is 4.64. The number of hydrogen-bond donors (Lipinski definition) is 3. The van der Waals surface area contributed by atoms with Gasteiger partial charge in [-0.05, 0) is 47.4 Å². The molecule has 0 spiro atoms. The summed E-state index contributed by atoms with van der Waals surface area (Å²) < 4.78 is 5.66. The van der Waals surface area contributed by atoms with Crippen LogP contribution >= 0.6 is 0 Å². The van der Waals surface area contributed by atoms with Crippen molar-refractivity contribution in [1.82, 2.24) is 10.6 Å². The van der Waals surface area contributed by atoms with Gasteiger partial charge in [-0.3, -0.25) is 9.59 Å². The van der Waals surface area contributed by atoms with Gasteiger partial charge in [0, 0.05) is 24.4 Å². The molecule has 0 saturated heterocycles. The first kappa shape index (κ1) is 24.8. The average molecular weight is 479 g/mol. The van der Waals surface area contributed by atoms with Crippen LogP contribution < -0.4 is 10.6 Å². The third-order valence-corrected chi connectivity index (χ3v) is 6.94. The zero-order valence-corrected chi connectivity index (χ0v) is 20.2. The summed E-state index contributed by atoms with van der Waals surface area (Å²) in [5, 5.41) is 14.9. The Balaban J connectivity index is 1.33. The molecule has 1 unspecified atom stereocenters. The number of aliphatic carboxylic acids is 1. The summed E-state index contributed by atoms with van der Waals surface area (Å²) in [6.45, 7) is 2.25. The number of carboxylic acids is 1. The van der Waals surface area contributed by atoms with E-state index >= 15 is 0 Å². The van der Waals surface area contributed by atoms with E-state index in [-0.39, 0.29) is 43.2 Å². The maximum atomic E-state index is 12.7. The van der Waals surface area contributed by atoms with E-state index in [0.717, 1.165) is 36.8 Å². The summed E-state index contributed by atoms with van der Waals surface area (Å²) in [7, 11) is 0. The minimum atomic E-state index is -0.929. The van der Waals surface area contributed by atoms with Gasteiger partial charge in [0.15, 0.2) is 0 Å². The van der Waals surface area contributed by atoms with Gasteiger partial charge >= 0.3 is 12.1 Å². The Bertz CT molecular complexity index is 1020. The predicted octanol–water partition coefficient (Wildman–Crippen LogP) is 4.84. The van der Waals surface area contributed by atoms with Crippen LogP contribution in [0.1, 0.15) is 68.9 Å². The number of carbonyl (C=O) groups is 3. The summed E-state index contributed by atoms with van der Waals surface area (Å²) in [5.74, 6) is -0.939. The Hall–Kier alpha value is -3.35. The number of unbranched alkanes of at least 4 members (excludes halogenated alkanes) is 1. The van der Waals surface area contributed by atoms with Crippen LogP contribution in [0.3, 0.4) is 0 Å². The molecule has 1 fully saturated rings. The molecule has 2 atom stereocenters. The summed E-state index contributed by atoms with van der Waals surface area (Å²) in [6.07, 6.45) is 3.82. The Morgan fingerprint density at radius 3 is 2.17 bits per heavy atom. The molecule has 186 valence electrons. The molecule has 1 saturated carbocycles. The van der Waals surface area contributed by atoms with Crippen molar-refractivity contribution in [2.45, 2.75) is 69.9 Å². The van der Waals surface area contributed by atoms with Gasteiger partial charge < -0.3 is 20.5 Å². The fourth-order valence-corrected chi connectivity index (χ4v) is 5.00. The molecule has 4 rings (SSSR count). The largest absolute Gasteiger partial charge is 0.481 e. The number of alkyl carbamates (subject to hydrolysis) is 1. The van der Waals surface area contributed by atoms with E-state index in [2.05, 4.69) is 34.9 Å². The Labute approximate surface area is 206 Å². The van der Waals surface area contributed by atoms with Gasteiger partial charge in [0.2, 0.25) is 5.91 Å². The second kappa shape index (κ2) is 11.4. The standard InChI is InChI=1S/C28H34N2O5/c1-2-3-8-19(15-27(32)33)29-26(31)16-25(18-13-14-18)30-28(34)35-17-24-22-11-6-4-9-20(22)21-10-5-7-12-23(21)24/h4-7,9-12,18-19,24-25H,2-3,8,13-17H2,1H3,(H,29,31)(H,30,34)(H,32,33)/t19-,25?/m0/s1. The smallest absolute Gasteiger partial charge is 0.407 e. The average Bonchev–Trinajstić information content (AvgIpc) is 3.63. The lowest BCUT2D eigenvalue weighted by Crippen LogP contribution is -2.43. The number of carbonyl (C=O) groups excluding carboxylic acids is 2. The van der Waals surface area contributed by atoms with Crippen LogP contribution in [0.25, 0.3) is 11.1 Å². The van der Waals surface area contributed by atoms with Gasteiger partial charge in [-0.2, -0.15) is 0 Å². The number of fused-ring (bicyclic) bond motifs is 3. The quantitative estimate of drug-likeness (QED) is 0.405. The first-order valence-electron chi connectivity index (χ1n) is 12.6. The highest BCUT2D eigenvalue weighted by Gasteiger charge is 2.35. The highest BCUT2D eigenvalue weighted by Crippen LogP contribution is 2.44. The number of amides is 2. The molecule has 35 heavy (non-hydrogen) atoms. The van der Waals surface area contributed by atoms with Crippen LogP contribution in [-0.4, -0.2) is 41.8 Å². The van der Waals surface area contributed by atoms with Gasteiger partial charge in [-0.25, -0.2) is 4.79 Å². The van der Waals surface area contributed by atoms with Crippen molar-refractivity contribution in [3.8, 4) is 11.1 Å². The summed E-state index contributed by atoms with van der Waals surface area (Å²) >= 11 is 0. The maximum absolute atomic E-state index is 12.7. The van der Waals surface area contributed by atoms with E-state index in [1.165, 1.54) is 11.1 Å². The van der Waals surface area contributed by atoms with Crippen molar-refractivity contribution in [1.29, 1.82) is 0 Å². The van der Waals surface area contributed by atoms with Crippen molar-refractivity contribution < 1.29 is 24.2 Å². The number of carboxylic acid groups (broad SMARTS) is 1. The molecular formula is C28H34N2O5. The van der Waals surface area contributed by atoms with Gasteiger partial charge in [-0.15, -0.1) is 0 Å². The molecule has 2 aliphatic rings. The molecule has 2 aliphatic carbocycles. The van der Waals surface area contributed by atoms with Crippen molar-refractivity contribution in [2.24, 2.45) is 5.92 Å². The van der Waals surface area contributed by atoms with E-state index in [0.29, 0.717) is 6.42 Å². The normalized spacial score (nSPS) is 16.0. The fourth-order valence-electron chi connectivity index (χ4n) is 5.00.